The van der Waals surface area contributed by atoms with E-state index in [2.05, 4.69) is 49.4 Å². The maximum atomic E-state index is 6.59. The Balaban J connectivity index is 2.29. The first-order chi connectivity index (χ1) is 9.74. The molecule has 4 aromatic rings. The number of rotatable bonds is 0. The molecule has 0 saturated heterocycles. The monoisotopic (exact) mass is 277 g/mol. The molecule has 0 radical (unpaired) electrons. The van der Waals surface area contributed by atoms with Gasteiger partial charge in [-0.3, -0.25) is 0 Å². The topological polar surface area (TPSA) is 12.9 Å². The Morgan fingerprint density at radius 3 is 2.55 bits per heavy atom. The van der Waals surface area contributed by atoms with Gasteiger partial charge in [0.25, 0.3) is 0 Å². The number of aromatic nitrogens is 1. The van der Waals surface area contributed by atoms with Gasteiger partial charge in [-0.2, -0.15) is 0 Å². The summed E-state index contributed by atoms with van der Waals surface area (Å²) in [4.78, 5) is 4.84. The quantitative estimate of drug-likeness (QED) is 0.305. The molecule has 1 aromatic heterocycles. The van der Waals surface area contributed by atoms with Crippen LogP contribution < -0.4 is 0 Å². The summed E-state index contributed by atoms with van der Waals surface area (Å²) in [6.07, 6.45) is 0. The fraction of sp³-hybridized carbons (Fsp3) is 0.0556. The number of fused-ring (bicyclic) bond motifs is 4. The van der Waals surface area contributed by atoms with Gasteiger partial charge in [0, 0.05) is 16.2 Å². The van der Waals surface area contributed by atoms with Crippen LogP contribution in [0.4, 0.5) is 0 Å². The molecule has 96 valence electrons. The molecule has 0 atom stereocenters. The average molecular weight is 278 g/mol. The molecule has 0 N–H and O–H groups in total. The molecule has 0 saturated carbocycles. The number of aryl methyl sites for hydroxylation is 1. The fourth-order valence-corrected chi connectivity index (χ4v) is 3.05. The van der Waals surface area contributed by atoms with Gasteiger partial charge in [-0.05, 0) is 23.9 Å². The largest absolute Gasteiger partial charge is 0.247 e. The zero-order chi connectivity index (χ0) is 13.7. The Morgan fingerprint density at radius 2 is 1.65 bits per heavy atom. The molecule has 3 aromatic carbocycles. The Hall–Kier alpha value is -2.12. The van der Waals surface area contributed by atoms with E-state index in [1.54, 1.807) is 0 Å². The SMILES string of the molecule is Cc1ccc2c(Cl)c3ccc4ccccc4c3nc2c1. The highest BCUT2D eigenvalue weighted by atomic mass is 35.5. The fourth-order valence-electron chi connectivity index (χ4n) is 2.74. The van der Waals surface area contributed by atoms with Crippen molar-refractivity contribution >= 4 is 44.2 Å². The molecule has 0 unspecified atom stereocenters. The van der Waals surface area contributed by atoms with Crippen molar-refractivity contribution in [2.24, 2.45) is 0 Å². The molecule has 2 heteroatoms. The first-order valence-electron chi connectivity index (χ1n) is 6.61. The Morgan fingerprint density at radius 1 is 0.850 bits per heavy atom. The van der Waals surface area contributed by atoms with Gasteiger partial charge in [0.15, 0.2) is 0 Å². The van der Waals surface area contributed by atoms with Gasteiger partial charge in [0.05, 0.1) is 16.1 Å². The molecule has 0 aliphatic heterocycles. The summed E-state index contributed by atoms with van der Waals surface area (Å²) in [5.41, 5.74) is 3.13. The lowest BCUT2D eigenvalue weighted by atomic mass is 10.0. The van der Waals surface area contributed by atoms with E-state index in [4.69, 9.17) is 16.6 Å². The van der Waals surface area contributed by atoms with Crippen molar-refractivity contribution in [3.63, 3.8) is 0 Å². The first kappa shape index (κ1) is 11.7. The van der Waals surface area contributed by atoms with Crippen molar-refractivity contribution in [3.05, 3.63) is 65.2 Å². The summed E-state index contributed by atoms with van der Waals surface area (Å²) in [6, 6.07) is 18.7. The second-order valence-electron chi connectivity index (χ2n) is 5.13. The van der Waals surface area contributed by atoms with Gasteiger partial charge in [-0.1, -0.05) is 60.1 Å². The van der Waals surface area contributed by atoms with Crippen molar-refractivity contribution in [2.75, 3.05) is 0 Å². The van der Waals surface area contributed by atoms with E-state index in [-0.39, 0.29) is 0 Å². The number of pyridine rings is 1. The van der Waals surface area contributed by atoms with Gasteiger partial charge >= 0.3 is 0 Å². The molecule has 0 spiro atoms. The van der Waals surface area contributed by atoms with Crippen molar-refractivity contribution in [1.29, 1.82) is 0 Å². The summed E-state index contributed by atoms with van der Waals surface area (Å²) >= 11 is 6.59. The number of benzene rings is 3. The second kappa shape index (κ2) is 4.19. The summed E-state index contributed by atoms with van der Waals surface area (Å²) in [7, 11) is 0. The maximum absolute atomic E-state index is 6.59. The van der Waals surface area contributed by atoms with Gasteiger partial charge in [-0.25, -0.2) is 4.98 Å². The van der Waals surface area contributed by atoms with Crippen LogP contribution in [0.1, 0.15) is 5.56 Å². The molecule has 0 aliphatic carbocycles. The van der Waals surface area contributed by atoms with E-state index >= 15 is 0 Å². The van der Waals surface area contributed by atoms with Crippen LogP contribution in [-0.2, 0) is 0 Å². The molecular weight excluding hydrogens is 266 g/mol. The number of halogens is 1. The van der Waals surface area contributed by atoms with E-state index in [1.165, 1.54) is 10.9 Å². The lowest BCUT2D eigenvalue weighted by molar-refractivity contribution is 1.45. The van der Waals surface area contributed by atoms with E-state index < -0.39 is 0 Å². The lowest BCUT2D eigenvalue weighted by Gasteiger charge is -2.08. The standard InChI is InChI=1S/C18H12ClN/c1-11-6-8-14-16(10-11)20-18-13-5-3-2-4-12(13)7-9-15(18)17(14)19/h2-10H,1H3. The number of hydrogen-bond acceptors (Lipinski definition) is 1. The summed E-state index contributed by atoms with van der Waals surface area (Å²) in [5, 5.41) is 5.16. The zero-order valence-corrected chi connectivity index (χ0v) is 11.8. The molecule has 0 amide bonds. The van der Waals surface area contributed by atoms with Crippen molar-refractivity contribution in [1.82, 2.24) is 4.98 Å². The van der Waals surface area contributed by atoms with Crippen molar-refractivity contribution in [2.45, 2.75) is 6.92 Å². The van der Waals surface area contributed by atoms with Crippen LogP contribution in [0.2, 0.25) is 5.02 Å². The Labute approximate surface area is 121 Å². The normalized spacial score (nSPS) is 11.5. The smallest absolute Gasteiger partial charge is 0.0803 e. The highest BCUT2D eigenvalue weighted by Crippen LogP contribution is 2.34. The summed E-state index contributed by atoms with van der Waals surface area (Å²) < 4.78 is 0. The minimum Gasteiger partial charge on any atom is -0.247 e. The third-order valence-electron chi connectivity index (χ3n) is 3.76. The molecule has 0 aliphatic rings. The van der Waals surface area contributed by atoms with E-state index in [1.807, 2.05) is 12.1 Å². The van der Waals surface area contributed by atoms with Gasteiger partial charge in [0.2, 0.25) is 0 Å². The molecular formula is C18H12ClN. The predicted molar refractivity (Wildman–Crippen MR) is 86.5 cm³/mol. The van der Waals surface area contributed by atoms with E-state index in [9.17, 15) is 0 Å². The average Bonchev–Trinajstić information content (AvgIpc) is 2.47. The highest BCUT2D eigenvalue weighted by Gasteiger charge is 2.09. The Bertz CT molecular complexity index is 973. The summed E-state index contributed by atoms with van der Waals surface area (Å²) in [6.45, 7) is 2.07. The van der Waals surface area contributed by atoms with Crippen LogP contribution in [0, 0.1) is 6.92 Å². The maximum Gasteiger partial charge on any atom is 0.0803 e. The number of nitrogens with zero attached hydrogens (tertiary/aromatic N) is 1. The minimum atomic E-state index is 0.788. The third kappa shape index (κ3) is 1.60. The summed E-state index contributed by atoms with van der Waals surface area (Å²) in [5.74, 6) is 0. The molecule has 1 heterocycles. The molecule has 0 bridgehead atoms. The van der Waals surface area contributed by atoms with Crippen molar-refractivity contribution in [3.8, 4) is 0 Å². The van der Waals surface area contributed by atoms with Crippen LogP contribution >= 0.6 is 11.6 Å². The van der Waals surface area contributed by atoms with Crippen LogP contribution in [0.5, 0.6) is 0 Å². The predicted octanol–water partition coefficient (Wildman–Crippen LogP) is 5.50. The molecule has 4 rings (SSSR count). The van der Waals surface area contributed by atoms with E-state index in [0.29, 0.717) is 0 Å². The van der Waals surface area contributed by atoms with Crippen LogP contribution in [0.3, 0.4) is 0 Å². The van der Waals surface area contributed by atoms with Gasteiger partial charge in [0.1, 0.15) is 0 Å². The van der Waals surface area contributed by atoms with Gasteiger partial charge in [-0.15, -0.1) is 0 Å². The van der Waals surface area contributed by atoms with E-state index in [0.717, 1.165) is 32.2 Å². The molecule has 1 nitrogen and oxygen atoms in total. The highest BCUT2D eigenvalue weighted by molar-refractivity contribution is 6.41. The van der Waals surface area contributed by atoms with Crippen LogP contribution in [0.25, 0.3) is 32.6 Å². The van der Waals surface area contributed by atoms with Crippen LogP contribution in [-0.4, -0.2) is 4.98 Å². The van der Waals surface area contributed by atoms with Crippen molar-refractivity contribution < 1.29 is 0 Å². The third-order valence-corrected chi connectivity index (χ3v) is 4.17. The Kier molecular flexibility index (Phi) is 2.45. The molecule has 20 heavy (non-hydrogen) atoms. The van der Waals surface area contributed by atoms with Crippen LogP contribution in [0.15, 0.2) is 54.6 Å². The van der Waals surface area contributed by atoms with Gasteiger partial charge < -0.3 is 0 Å². The minimum absolute atomic E-state index is 0.788. The number of hydrogen-bond donors (Lipinski definition) is 0. The zero-order valence-electron chi connectivity index (χ0n) is 11.0. The second-order valence-corrected chi connectivity index (χ2v) is 5.51. The lowest BCUT2D eigenvalue weighted by Crippen LogP contribution is -1.87. The molecule has 0 fully saturated rings. The first-order valence-corrected chi connectivity index (χ1v) is 6.99.